The van der Waals surface area contributed by atoms with Gasteiger partial charge in [-0.3, -0.25) is 9.59 Å². The lowest BCUT2D eigenvalue weighted by Crippen LogP contribution is -2.40. The van der Waals surface area contributed by atoms with E-state index in [1.54, 1.807) is 18.5 Å². The lowest BCUT2D eigenvalue weighted by Gasteiger charge is -2.11. The van der Waals surface area contributed by atoms with E-state index in [0.29, 0.717) is 28.7 Å². The molecule has 1 aromatic carbocycles. The first-order chi connectivity index (χ1) is 13.7. The first-order valence-corrected chi connectivity index (χ1v) is 11.1. The molecule has 1 atom stereocenters. The fraction of sp³-hybridized carbons (Fsp3) is 0.368. The number of aromatic nitrogens is 4. The van der Waals surface area contributed by atoms with Crippen molar-refractivity contribution in [1.29, 1.82) is 0 Å². The predicted octanol–water partition coefficient (Wildman–Crippen LogP) is 0.502. The first-order valence-electron chi connectivity index (χ1n) is 9.27. The second kappa shape index (κ2) is 7.11. The van der Waals surface area contributed by atoms with E-state index in [-0.39, 0.29) is 18.1 Å². The fourth-order valence-electron chi connectivity index (χ4n) is 3.66. The highest BCUT2D eigenvalue weighted by Gasteiger charge is 2.29. The van der Waals surface area contributed by atoms with Crippen molar-refractivity contribution >= 4 is 26.6 Å². The van der Waals surface area contributed by atoms with Crippen LogP contribution in [0.4, 0.5) is 0 Å². The quantitative estimate of drug-likeness (QED) is 0.663. The van der Waals surface area contributed by atoms with Crippen LogP contribution in [0, 0.1) is 13.8 Å². The molecule has 0 bridgehead atoms. The second-order valence-electron chi connectivity index (χ2n) is 7.27. The molecule has 3 heterocycles. The summed E-state index contributed by atoms with van der Waals surface area (Å²) in [5.41, 5.74) is 2.12. The fourth-order valence-corrected chi connectivity index (χ4v) is 5.33. The Morgan fingerprint density at radius 1 is 1.21 bits per heavy atom. The third-order valence-electron chi connectivity index (χ3n) is 5.07. The predicted molar refractivity (Wildman–Crippen MR) is 108 cm³/mol. The molecule has 4 rings (SSSR count). The van der Waals surface area contributed by atoms with E-state index in [1.165, 1.54) is 0 Å². The number of benzene rings is 1. The molecule has 29 heavy (non-hydrogen) atoms. The van der Waals surface area contributed by atoms with Gasteiger partial charge in [0.05, 0.1) is 34.0 Å². The van der Waals surface area contributed by atoms with Crippen LogP contribution in [-0.2, 0) is 21.2 Å². The maximum Gasteiger partial charge on any atom is 0.278 e. The SMILES string of the molecule is Cc1nn(CC(=O)N[C@H]2CCS(=O)(=O)C2)c(=O)c2c(C)n(-c3ccccc3)nc12. The number of nitrogens with one attached hydrogen (secondary N) is 1. The number of nitrogens with zero attached hydrogens (tertiary/aromatic N) is 4. The third kappa shape index (κ3) is 3.67. The summed E-state index contributed by atoms with van der Waals surface area (Å²) in [4.78, 5) is 25.4. The monoisotopic (exact) mass is 415 g/mol. The van der Waals surface area contributed by atoms with Crippen LogP contribution in [0.15, 0.2) is 35.1 Å². The van der Waals surface area contributed by atoms with Crippen LogP contribution < -0.4 is 10.9 Å². The van der Waals surface area contributed by atoms with E-state index in [4.69, 9.17) is 0 Å². The molecule has 1 saturated heterocycles. The van der Waals surface area contributed by atoms with Crippen LogP contribution in [0.25, 0.3) is 16.6 Å². The molecule has 1 aliphatic rings. The molecule has 1 fully saturated rings. The maximum atomic E-state index is 13.0. The number of hydrogen-bond donors (Lipinski definition) is 1. The zero-order chi connectivity index (χ0) is 20.8. The summed E-state index contributed by atoms with van der Waals surface area (Å²) in [5, 5.41) is 11.9. The van der Waals surface area contributed by atoms with Gasteiger partial charge in [0.2, 0.25) is 5.91 Å². The summed E-state index contributed by atoms with van der Waals surface area (Å²) in [7, 11) is -3.10. The lowest BCUT2D eigenvalue weighted by molar-refractivity contribution is -0.122. The molecule has 0 spiro atoms. The third-order valence-corrected chi connectivity index (χ3v) is 6.84. The van der Waals surface area contributed by atoms with Gasteiger partial charge in [-0.05, 0) is 32.4 Å². The molecule has 10 heteroatoms. The number of para-hydroxylation sites is 1. The number of fused-ring (bicyclic) bond motifs is 1. The van der Waals surface area contributed by atoms with Crippen LogP contribution in [-0.4, -0.2) is 51.4 Å². The molecule has 3 aromatic rings. The topological polar surface area (TPSA) is 116 Å². The number of rotatable bonds is 4. The number of hydrogen-bond acceptors (Lipinski definition) is 6. The number of carbonyl (C=O) groups excluding carboxylic acids is 1. The molecule has 1 aliphatic heterocycles. The van der Waals surface area contributed by atoms with Gasteiger partial charge in [0.1, 0.15) is 12.1 Å². The largest absolute Gasteiger partial charge is 0.351 e. The molecule has 2 aromatic heterocycles. The molecular formula is C19H21N5O4S. The van der Waals surface area contributed by atoms with Crippen LogP contribution in [0.1, 0.15) is 17.8 Å². The maximum absolute atomic E-state index is 13.0. The molecule has 1 N–H and O–H groups in total. The van der Waals surface area contributed by atoms with E-state index in [2.05, 4.69) is 15.5 Å². The Morgan fingerprint density at radius 3 is 2.59 bits per heavy atom. The van der Waals surface area contributed by atoms with Crippen molar-refractivity contribution in [1.82, 2.24) is 24.9 Å². The van der Waals surface area contributed by atoms with E-state index in [1.807, 2.05) is 30.3 Å². The minimum atomic E-state index is -3.10. The summed E-state index contributed by atoms with van der Waals surface area (Å²) in [6.07, 6.45) is 0.386. The van der Waals surface area contributed by atoms with Crippen molar-refractivity contribution in [2.45, 2.75) is 32.9 Å². The van der Waals surface area contributed by atoms with E-state index in [0.717, 1.165) is 10.4 Å². The minimum Gasteiger partial charge on any atom is -0.351 e. The zero-order valence-corrected chi connectivity index (χ0v) is 16.9. The summed E-state index contributed by atoms with van der Waals surface area (Å²) in [5.74, 6) is -0.435. The van der Waals surface area contributed by atoms with Gasteiger partial charge in [0.15, 0.2) is 9.84 Å². The number of carbonyl (C=O) groups is 1. The standard InChI is InChI=1S/C19H21N5O4S/c1-12-18-17(13(2)24(22-18)15-6-4-3-5-7-15)19(26)23(21-12)10-16(25)20-14-8-9-29(27,28)11-14/h3-7,14H,8-11H2,1-2H3,(H,20,25)/t14-/m0/s1. The van der Waals surface area contributed by atoms with Crippen molar-refractivity contribution in [3.63, 3.8) is 0 Å². The van der Waals surface area contributed by atoms with Gasteiger partial charge < -0.3 is 5.32 Å². The molecule has 152 valence electrons. The molecule has 0 unspecified atom stereocenters. The van der Waals surface area contributed by atoms with Crippen LogP contribution in [0.3, 0.4) is 0 Å². The Bertz CT molecular complexity index is 1260. The van der Waals surface area contributed by atoms with Crippen LogP contribution in [0.5, 0.6) is 0 Å². The van der Waals surface area contributed by atoms with Gasteiger partial charge in [-0.1, -0.05) is 18.2 Å². The Kier molecular flexibility index (Phi) is 4.73. The van der Waals surface area contributed by atoms with Crippen LogP contribution in [0.2, 0.25) is 0 Å². The summed E-state index contributed by atoms with van der Waals surface area (Å²) < 4.78 is 25.9. The molecule has 0 aliphatic carbocycles. The van der Waals surface area contributed by atoms with Gasteiger partial charge in [-0.15, -0.1) is 0 Å². The molecule has 9 nitrogen and oxygen atoms in total. The van der Waals surface area contributed by atoms with Gasteiger partial charge >= 0.3 is 0 Å². The Balaban J connectivity index is 1.66. The lowest BCUT2D eigenvalue weighted by atomic mass is 10.2. The van der Waals surface area contributed by atoms with Gasteiger partial charge in [-0.25, -0.2) is 17.8 Å². The normalized spacial score (nSPS) is 18.2. The van der Waals surface area contributed by atoms with E-state index in [9.17, 15) is 18.0 Å². The summed E-state index contributed by atoms with van der Waals surface area (Å²) >= 11 is 0. The van der Waals surface area contributed by atoms with Crippen molar-refractivity contribution in [2.75, 3.05) is 11.5 Å². The Hall–Kier alpha value is -3.01. The van der Waals surface area contributed by atoms with Gasteiger partial charge in [0, 0.05) is 6.04 Å². The van der Waals surface area contributed by atoms with E-state index < -0.39 is 27.3 Å². The smallest absolute Gasteiger partial charge is 0.278 e. The molecular weight excluding hydrogens is 394 g/mol. The zero-order valence-electron chi connectivity index (χ0n) is 16.1. The highest BCUT2D eigenvalue weighted by molar-refractivity contribution is 7.91. The van der Waals surface area contributed by atoms with Crippen molar-refractivity contribution in [3.05, 3.63) is 52.1 Å². The van der Waals surface area contributed by atoms with Crippen LogP contribution >= 0.6 is 0 Å². The van der Waals surface area contributed by atoms with Crippen molar-refractivity contribution in [2.24, 2.45) is 0 Å². The summed E-state index contributed by atoms with van der Waals surface area (Å²) in [6.45, 7) is 3.26. The highest BCUT2D eigenvalue weighted by Crippen LogP contribution is 2.19. The van der Waals surface area contributed by atoms with Crippen molar-refractivity contribution < 1.29 is 13.2 Å². The first kappa shape index (κ1) is 19.3. The summed E-state index contributed by atoms with van der Waals surface area (Å²) in [6, 6.07) is 9.04. The Morgan fingerprint density at radius 2 is 1.93 bits per heavy atom. The average Bonchev–Trinajstić information content (AvgIpc) is 3.19. The van der Waals surface area contributed by atoms with Crippen molar-refractivity contribution in [3.8, 4) is 5.69 Å². The second-order valence-corrected chi connectivity index (χ2v) is 9.50. The number of amides is 1. The van der Waals surface area contributed by atoms with Gasteiger partial charge in [0.25, 0.3) is 5.56 Å². The number of aryl methyl sites for hydroxylation is 2. The number of sulfone groups is 1. The minimum absolute atomic E-state index is 0.0674. The average molecular weight is 415 g/mol. The highest BCUT2D eigenvalue weighted by atomic mass is 32.2. The molecule has 0 radical (unpaired) electrons. The van der Waals surface area contributed by atoms with Gasteiger partial charge in [-0.2, -0.15) is 10.2 Å². The van der Waals surface area contributed by atoms with E-state index >= 15 is 0 Å². The molecule has 1 amide bonds. The molecule has 0 saturated carbocycles. The Labute approximate surface area is 167 Å².